The number of methoxy groups -OCH3 is 1. The molecule has 3 N–H and O–H groups in total. The lowest BCUT2D eigenvalue weighted by Crippen LogP contribution is -2.55. The Bertz CT molecular complexity index is 1170. The highest BCUT2D eigenvalue weighted by molar-refractivity contribution is 5.81. The van der Waals surface area contributed by atoms with E-state index in [0.29, 0.717) is 38.8 Å². The van der Waals surface area contributed by atoms with Crippen LogP contribution < -0.4 is 16.0 Å². The van der Waals surface area contributed by atoms with E-state index in [1.54, 1.807) is 0 Å². The van der Waals surface area contributed by atoms with Gasteiger partial charge in [0.1, 0.15) is 17.7 Å². The number of hydrogen-bond acceptors (Lipinski definition) is 7. The minimum Gasteiger partial charge on any atom is -0.468 e. The minimum atomic E-state index is -0.734. The summed E-state index contributed by atoms with van der Waals surface area (Å²) in [6.07, 6.45) is 3.44. The number of benzene rings is 2. The molecular weight excluding hydrogens is 522 g/mol. The van der Waals surface area contributed by atoms with E-state index >= 15 is 0 Å². The molecule has 2 aliphatic carbocycles. The lowest BCUT2D eigenvalue weighted by atomic mass is 9.97. The highest BCUT2D eigenvalue weighted by atomic mass is 16.6. The Balaban J connectivity index is 1.27. The number of amides is 2. The fourth-order valence-electron chi connectivity index (χ4n) is 5.83. The van der Waals surface area contributed by atoms with Gasteiger partial charge in [0.25, 0.3) is 0 Å². The summed E-state index contributed by atoms with van der Waals surface area (Å²) in [5.41, 5.74) is 3.32. The molecular formula is C32H43N3O6. The van der Waals surface area contributed by atoms with Gasteiger partial charge < -0.3 is 24.8 Å². The van der Waals surface area contributed by atoms with E-state index in [2.05, 4.69) is 40.2 Å². The maximum atomic E-state index is 12.6. The average molecular weight is 566 g/mol. The van der Waals surface area contributed by atoms with Crippen LogP contribution in [0.4, 0.5) is 9.59 Å². The Morgan fingerprint density at radius 2 is 1.56 bits per heavy atom. The second-order valence-electron chi connectivity index (χ2n) is 11.9. The zero-order chi connectivity index (χ0) is 29.5. The first-order chi connectivity index (χ1) is 19.6. The predicted molar refractivity (Wildman–Crippen MR) is 157 cm³/mol. The molecule has 1 saturated carbocycles. The van der Waals surface area contributed by atoms with Gasteiger partial charge in [-0.2, -0.15) is 0 Å². The molecule has 0 bridgehead atoms. The first-order valence-corrected chi connectivity index (χ1v) is 14.5. The summed E-state index contributed by atoms with van der Waals surface area (Å²) in [5.74, 6) is -0.276. The van der Waals surface area contributed by atoms with Crippen molar-refractivity contribution in [2.24, 2.45) is 0 Å². The van der Waals surface area contributed by atoms with Crippen molar-refractivity contribution in [2.75, 3.05) is 26.8 Å². The summed E-state index contributed by atoms with van der Waals surface area (Å²) in [6.45, 7) is 6.43. The zero-order valence-corrected chi connectivity index (χ0v) is 24.6. The van der Waals surface area contributed by atoms with Gasteiger partial charge in [-0.3, -0.25) is 10.1 Å². The molecule has 0 radical (unpaired) electrons. The molecule has 2 aromatic rings. The molecule has 2 aromatic carbocycles. The lowest BCUT2D eigenvalue weighted by molar-refractivity contribution is -0.148. The number of carbonyl (C=O) groups is 3. The summed E-state index contributed by atoms with van der Waals surface area (Å²) >= 11 is 0. The monoisotopic (exact) mass is 565 g/mol. The van der Waals surface area contributed by atoms with Crippen LogP contribution in [0.2, 0.25) is 0 Å². The van der Waals surface area contributed by atoms with Gasteiger partial charge in [0, 0.05) is 25.0 Å². The van der Waals surface area contributed by atoms with Crippen molar-refractivity contribution in [1.29, 1.82) is 0 Å². The fourth-order valence-corrected chi connectivity index (χ4v) is 5.83. The van der Waals surface area contributed by atoms with Crippen molar-refractivity contribution < 1.29 is 28.6 Å². The van der Waals surface area contributed by atoms with Gasteiger partial charge in [0.2, 0.25) is 0 Å². The number of ether oxygens (including phenoxy) is 3. The van der Waals surface area contributed by atoms with Gasteiger partial charge in [-0.25, -0.2) is 9.59 Å². The average Bonchev–Trinajstić information content (AvgIpc) is 3.55. The van der Waals surface area contributed by atoms with Crippen LogP contribution >= 0.6 is 0 Å². The van der Waals surface area contributed by atoms with Crippen molar-refractivity contribution >= 4 is 18.2 Å². The molecule has 0 saturated heterocycles. The number of fused-ring (bicyclic) bond motifs is 3. The first kappa shape index (κ1) is 30.4. The Labute approximate surface area is 242 Å². The van der Waals surface area contributed by atoms with Crippen LogP contribution in [0, 0.1) is 0 Å². The van der Waals surface area contributed by atoms with E-state index in [-0.39, 0.29) is 24.5 Å². The smallest absolute Gasteiger partial charge is 0.407 e. The van der Waals surface area contributed by atoms with Gasteiger partial charge >= 0.3 is 18.2 Å². The van der Waals surface area contributed by atoms with Crippen molar-refractivity contribution in [2.45, 2.75) is 82.4 Å². The summed E-state index contributed by atoms with van der Waals surface area (Å²) in [6, 6.07) is 16.1. The molecule has 0 aliphatic heterocycles. The molecule has 1 fully saturated rings. The molecule has 2 aliphatic rings. The third-order valence-corrected chi connectivity index (χ3v) is 7.78. The molecule has 222 valence electrons. The van der Waals surface area contributed by atoms with E-state index in [1.807, 2.05) is 45.0 Å². The van der Waals surface area contributed by atoms with Crippen molar-refractivity contribution in [3.63, 3.8) is 0 Å². The highest BCUT2D eigenvalue weighted by Crippen LogP contribution is 2.44. The van der Waals surface area contributed by atoms with E-state index in [4.69, 9.17) is 14.2 Å². The van der Waals surface area contributed by atoms with Gasteiger partial charge in [-0.15, -0.1) is 0 Å². The molecule has 4 rings (SSSR count). The molecule has 2 amide bonds. The highest BCUT2D eigenvalue weighted by Gasteiger charge is 2.42. The maximum Gasteiger partial charge on any atom is 0.407 e. The number of hydrogen-bond donors (Lipinski definition) is 3. The number of nitrogens with one attached hydrogen (secondary N) is 3. The largest absolute Gasteiger partial charge is 0.468 e. The zero-order valence-electron chi connectivity index (χ0n) is 24.6. The Hall–Kier alpha value is -3.59. The Morgan fingerprint density at radius 3 is 2.15 bits per heavy atom. The van der Waals surface area contributed by atoms with Crippen LogP contribution in [0.5, 0.6) is 0 Å². The van der Waals surface area contributed by atoms with Gasteiger partial charge in [-0.05, 0) is 68.7 Å². The molecule has 0 unspecified atom stereocenters. The Morgan fingerprint density at radius 1 is 0.951 bits per heavy atom. The summed E-state index contributed by atoms with van der Waals surface area (Å²) < 4.78 is 16.1. The lowest BCUT2D eigenvalue weighted by Gasteiger charge is -2.30. The summed E-state index contributed by atoms with van der Waals surface area (Å²) in [5, 5.41) is 9.13. The molecule has 41 heavy (non-hydrogen) atoms. The van der Waals surface area contributed by atoms with E-state index < -0.39 is 23.3 Å². The second kappa shape index (κ2) is 13.4. The summed E-state index contributed by atoms with van der Waals surface area (Å²) in [7, 11) is 1.40. The van der Waals surface area contributed by atoms with Crippen molar-refractivity contribution in [3.05, 3.63) is 59.7 Å². The van der Waals surface area contributed by atoms with Crippen LogP contribution in [0.15, 0.2) is 48.5 Å². The van der Waals surface area contributed by atoms with Crippen LogP contribution in [0.25, 0.3) is 11.1 Å². The number of esters is 1. The van der Waals surface area contributed by atoms with Crippen LogP contribution in [-0.2, 0) is 19.0 Å². The molecule has 0 spiro atoms. The second-order valence-corrected chi connectivity index (χ2v) is 11.9. The fraction of sp³-hybridized carbons (Fsp3) is 0.531. The van der Waals surface area contributed by atoms with Crippen LogP contribution in [0.1, 0.15) is 76.3 Å². The standard InChI is InChI=1S/C32H43N3O6/c1-31(2,3)41-30(38)35-22(20-34-32(28(36)39-4)17-9-10-18-32)12-11-19-33-29(37)40-21-27-25-15-7-5-13-23(25)24-14-6-8-16-26(24)27/h5-8,13-16,22,27,34H,9-12,17-21H2,1-4H3,(H,33,37)(H,35,38)/t22-/m0/s1. The first-order valence-electron chi connectivity index (χ1n) is 14.5. The topological polar surface area (TPSA) is 115 Å². The normalized spacial score (nSPS) is 16.3. The molecule has 9 nitrogen and oxygen atoms in total. The predicted octanol–water partition coefficient (Wildman–Crippen LogP) is 5.27. The third kappa shape index (κ3) is 7.79. The third-order valence-electron chi connectivity index (χ3n) is 7.78. The van der Waals surface area contributed by atoms with E-state index in [0.717, 1.165) is 24.0 Å². The SMILES string of the molecule is COC(=O)C1(NC[C@H](CCCNC(=O)OCC2c3ccccc3-c3ccccc32)NC(=O)OC(C)(C)C)CCCC1. The summed E-state index contributed by atoms with van der Waals surface area (Å²) in [4.78, 5) is 37.6. The van der Waals surface area contributed by atoms with Gasteiger partial charge in [0.15, 0.2) is 0 Å². The molecule has 1 atom stereocenters. The van der Waals surface area contributed by atoms with Crippen LogP contribution in [-0.4, -0.2) is 62.1 Å². The Kier molecular flexibility index (Phi) is 9.91. The van der Waals surface area contributed by atoms with Crippen LogP contribution in [0.3, 0.4) is 0 Å². The van der Waals surface area contributed by atoms with Gasteiger partial charge in [-0.1, -0.05) is 61.4 Å². The molecule has 9 heteroatoms. The number of rotatable bonds is 11. The maximum absolute atomic E-state index is 12.6. The van der Waals surface area contributed by atoms with Gasteiger partial charge in [0.05, 0.1) is 7.11 Å². The minimum absolute atomic E-state index is 0.000600. The molecule has 0 heterocycles. The number of carbonyl (C=O) groups excluding carboxylic acids is 3. The quantitative estimate of drug-likeness (QED) is 0.193. The number of alkyl carbamates (subject to hydrolysis) is 2. The van der Waals surface area contributed by atoms with Crippen molar-refractivity contribution in [1.82, 2.24) is 16.0 Å². The van der Waals surface area contributed by atoms with E-state index in [9.17, 15) is 14.4 Å². The molecule has 0 aromatic heterocycles. The van der Waals surface area contributed by atoms with E-state index in [1.165, 1.54) is 18.2 Å². The van der Waals surface area contributed by atoms with Crippen molar-refractivity contribution in [3.8, 4) is 11.1 Å².